The summed E-state index contributed by atoms with van der Waals surface area (Å²) in [4.78, 5) is 18.0. The van der Waals surface area contributed by atoms with E-state index in [-0.39, 0.29) is 12.3 Å². The van der Waals surface area contributed by atoms with Crippen molar-refractivity contribution in [1.29, 1.82) is 0 Å². The van der Waals surface area contributed by atoms with E-state index in [1.807, 2.05) is 6.92 Å². The molecular weight excluding hydrogens is 156 g/mol. The SMILES string of the molecule is CC(CC(=O)O)c1cncnc1. The smallest absolute Gasteiger partial charge is 0.303 e. The lowest BCUT2D eigenvalue weighted by Crippen LogP contribution is -2.03. The molecular formula is C8H10N2O2. The molecule has 0 fully saturated rings. The van der Waals surface area contributed by atoms with Crippen LogP contribution in [0.2, 0.25) is 0 Å². The van der Waals surface area contributed by atoms with Gasteiger partial charge in [-0.25, -0.2) is 9.97 Å². The van der Waals surface area contributed by atoms with Gasteiger partial charge in [0.15, 0.2) is 0 Å². The average Bonchev–Trinajstić information content (AvgIpc) is 2.05. The lowest BCUT2D eigenvalue weighted by atomic mass is 10.0. The first-order chi connectivity index (χ1) is 5.70. The summed E-state index contributed by atoms with van der Waals surface area (Å²) in [5.74, 6) is -0.824. The summed E-state index contributed by atoms with van der Waals surface area (Å²) in [5, 5.41) is 8.50. The van der Waals surface area contributed by atoms with Gasteiger partial charge in [-0.05, 0) is 11.5 Å². The number of hydrogen-bond donors (Lipinski definition) is 1. The molecule has 0 saturated carbocycles. The quantitative estimate of drug-likeness (QED) is 0.729. The molecule has 1 atom stereocenters. The lowest BCUT2D eigenvalue weighted by Gasteiger charge is -2.06. The summed E-state index contributed by atoms with van der Waals surface area (Å²) in [6.07, 6.45) is 4.82. The van der Waals surface area contributed by atoms with Crippen molar-refractivity contribution in [3.05, 3.63) is 24.3 Å². The zero-order valence-electron chi connectivity index (χ0n) is 6.77. The van der Waals surface area contributed by atoms with Gasteiger partial charge >= 0.3 is 5.97 Å². The highest BCUT2D eigenvalue weighted by Crippen LogP contribution is 2.15. The Labute approximate surface area is 70.3 Å². The Bertz CT molecular complexity index is 261. The predicted octanol–water partition coefficient (Wildman–Crippen LogP) is 1.05. The Hall–Kier alpha value is -1.45. The van der Waals surface area contributed by atoms with Gasteiger partial charge in [0.2, 0.25) is 0 Å². The highest BCUT2D eigenvalue weighted by Gasteiger charge is 2.09. The number of nitrogens with zero attached hydrogens (tertiary/aromatic N) is 2. The molecule has 0 aromatic carbocycles. The Morgan fingerprint density at radius 3 is 2.67 bits per heavy atom. The summed E-state index contributed by atoms with van der Waals surface area (Å²) in [6, 6.07) is 0. The van der Waals surface area contributed by atoms with Gasteiger partial charge in [0, 0.05) is 12.4 Å². The van der Waals surface area contributed by atoms with E-state index >= 15 is 0 Å². The number of rotatable bonds is 3. The number of carboxylic acids is 1. The largest absolute Gasteiger partial charge is 0.481 e. The van der Waals surface area contributed by atoms with Crippen molar-refractivity contribution in [2.24, 2.45) is 0 Å². The average molecular weight is 166 g/mol. The molecule has 1 aromatic rings. The van der Waals surface area contributed by atoms with E-state index in [1.54, 1.807) is 12.4 Å². The molecule has 64 valence electrons. The van der Waals surface area contributed by atoms with Crippen LogP contribution in [0, 0.1) is 0 Å². The second kappa shape index (κ2) is 3.80. The van der Waals surface area contributed by atoms with Crippen LogP contribution in [-0.4, -0.2) is 21.0 Å². The topological polar surface area (TPSA) is 63.1 Å². The van der Waals surface area contributed by atoms with Crippen LogP contribution < -0.4 is 0 Å². The fourth-order valence-electron chi connectivity index (χ4n) is 0.945. The molecule has 1 N–H and O–H groups in total. The zero-order chi connectivity index (χ0) is 8.97. The maximum atomic E-state index is 10.3. The monoisotopic (exact) mass is 166 g/mol. The number of aromatic nitrogens is 2. The third-order valence-electron chi connectivity index (χ3n) is 1.63. The van der Waals surface area contributed by atoms with Crippen LogP contribution in [-0.2, 0) is 4.79 Å². The predicted molar refractivity (Wildman–Crippen MR) is 42.7 cm³/mol. The summed E-state index contributed by atoms with van der Waals surface area (Å²) in [5.41, 5.74) is 0.861. The first kappa shape index (κ1) is 8.64. The van der Waals surface area contributed by atoms with Crippen LogP contribution in [0.3, 0.4) is 0 Å². The standard InChI is InChI=1S/C8H10N2O2/c1-6(2-8(11)12)7-3-9-5-10-4-7/h3-6H,2H2,1H3,(H,11,12). The van der Waals surface area contributed by atoms with Gasteiger partial charge in [-0.2, -0.15) is 0 Å². The molecule has 0 aliphatic carbocycles. The van der Waals surface area contributed by atoms with Crippen LogP contribution in [0.25, 0.3) is 0 Å². The number of carboxylic acid groups (broad SMARTS) is 1. The minimum Gasteiger partial charge on any atom is -0.481 e. The van der Waals surface area contributed by atoms with E-state index in [0.717, 1.165) is 5.56 Å². The van der Waals surface area contributed by atoms with Crippen molar-refractivity contribution in [3.63, 3.8) is 0 Å². The van der Waals surface area contributed by atoms with Gasteiger partial charge in [0.1, 0.15) is 6.33 Å². The Morgan fingerprint density at radius 1 is 1.58 bits per heavy atom. The highest BCUT2D eigenvalue weighted by molar-refractivity contribution is 5.67. The van der Waals surface area contributed by atoms with Crippen LogP contribution in [0.15, 0.2) is 18.7 Å². The molecule has 4 heteroatoms. The maximum absolute atomic E-state index is 10.3. The first-order valence-electron chi connectivity index (χ1n) is 3.67. The molecule has 1 heterocycles. The second-order valence-electron chi connectivity index (χ2n) is 2.67. The van der Waals surface area contributed by atoms with E-state index in [0.29, 0.717) is 0 Å². The molecule has 0 bridgehead atoms. The van der Waals surface area contributed by atoms with Crippen LogP contribution in [0.5, 0.6) is 0 Å². The fourth-order valence-corrected chi connectivity index (χ4v) is 0.945. The highest BCUT2D eigenvalue weighted by atomic mass is 16.4. The molecule has 0 amide bonds. The molecule has 4 nitrogen and oxygen atoms in total. The fraction of sp³-hybridized carbons (Fsp3) is 0.375. The molecule has 0 saturated heterocycles. The zero-order valence-corrected chi connectivity index (χ0v) is 6.77. The molecule has 1 unspecified atom stereocenters. The minimum atomic E-state index is -0.800. The van der Waals surface area contributed by atoms with E-state index < -0.39 is 5.97 Å². The van der Waals surface area contributed by atoms with E-state index in [1.165, 1.54) is 6.33 Å². The third-order valence-corrected chi connectivity index (χ3v) is 1.63. The van der Waals surface area contributed by atoms with Crippen molar-refractivity contribution < 1.29 is 9.90 Å². The molecule has 0 spiro atoms. The van der Waals surface area contributed by atoms with Gasteiger partial charge in [-0.3, -0.25) is 4.79 Å². The Kier molecular flexibility index (Phi) is 2.74. The third kappa shape index (κ3) is 2.30. The Morgan fingerprint density at radius 2 is 2.17 bits per heavy atom. The summed E-state index contributed by atoms with van der Waals surface area (Å²) >= 11 is 0. The van der Waals surface area contributed by atoms with Gasteiger partial charge in [0.05, 0.1) is 6.42 Å². The minimum absolute atomic E-state index is 0.0244. The maximum Gasteiger partial charge on any atom is 0.303 e. The van der Waals surface area contributed by atoms with E-state index in [9.17, 15) is 4.79 Å². The van der Waals surface area contributed by atoms with Gasteiger partial charge in [0.25, 0.3) is 0 Å². The van der Waals surface area contributed by atoms with Gasteiger partial charge < -0.3 is 5.11 Å². The van der Waals surface area contributed by atoms with Crippen molar-refractivity contribution in [3.8, 4) is 0 Å². The number of carbonyl (C=O) groups is 1. The van der Waals surface area contributed by atoms with Gasteiger partial charge in [-0.15, -0.1) is 0 Å². The summed E-state index contributed by atoms with van der Waals surface area (Å²) in [6.45, 7) is 1.84. The van der Waals surface area contributed by atoms with Crippen LogP contribution >= 0.6 is 0 Å². The van der Waals surface area contributed by atoms with Crippen molar-refractivity contribution in [2.75, 3.05) is 0 Å². The molecule has 0 aliphatic rings. The van der Waals surface area contributed by atoms with E-state index in [2.05, 4.69) is 9.97 Å². The van der Waals surface area contributed by atoms with Gasteiger partial charge in [-0.1, -0.05) is 6.92 Å². The normalized spacial score (nSPS) is 12.4. The molecule has 1 aromatic heterocycles. The van der Waals surface area contributed by atoms with Crippen molar-refractivity contribution >= 4 is 5.97 Å². The summed E-state index contributed by atoms with van der Waals surface area (Å²) < 4.78 is 0. The molecule has 0 aliphatic heterocycles. The van der Waals surface area contributed by atoms with Crippen LogP contribution in [0.1, 0.15) is 24.8 Å². The molecule has 12 heavy (non-hydrogen) atoms. The van der Waals surface area contributed by atoms with E-state index in [4.69, 9.17) is 5.11 Å². The first-order valence-corrected chi connectivity index (χ1v) is 3.67. The van der Waals surface area contributed by atoms with Crippen LogP contribution in [0.4, 0.5) is 0 Å². The molecule has 1 rings (SSSR count). The molecule has 0 radical (unpaired) electrons. The second-order valence-corrected chi connectivity index (χ2v) is 2.67. The van der Waals surface area contributed by atoms with Crippen molar-refractivity contribution in [2.45, 2.75) is 19.3 Å². The Balaban J connectivity index is 2.65. The number of aliphatic carboxylic acids is 1. The lowest BCUT2D eigenvalue weighted by molar-refractivity contribution is -0.137. The summed E-state index contributed by atoms with van der Waals surface area (Å²) in [7, 11) is 0. The van der Waals surface area contributed by atoms with Crippen molar-refractivity contribution in [1.82, 2.24) is 9.97 Å². The number of hydrogen-bond acceptors (Lipinski definition) is 3.